The zero-order chi connectivity index (χ0) is 16.1. The van der Waals surface area contributed by atoms with Crippen LogP contribution in [0.5, 0.6) is 0 Å². The van der Waals surface area contributed by atoms with Gasteiger partial charge in [0.2, 0.25) is 10.0 Å². The predicted octanol–water partition coefficient (Wildman–Crippen LogP) is 3.54. The lowest BCUT2D eigenvalue weighted by molar-refractivity contribution is 0.463. The minimum absolute atomic E-state index is 0.105. The highest BCUT2D eigenvalue weighted by Crippen LogP contribution is 2.21. The first-order valence-electron chi connectivity index (χ1n) is 7.47. The van der Waals surface area contributed by atoms with Crippen molar-refractivity contribution in [3.63, 3.8) is 0 Å². The molecular formula is C16H28N2O2S. The molecule has 1 atom stereocenters. The summed E-state index contributed by atoms with van der Waals surface area (Å²) in [7, 11) is -3.32. The van der Waals surface area contributed by atoms with E-state index < -0.39 is 10.0 Å². The summed E-state index contributed by atoms with van der Waals surface area (Å²) in [5.74, 6) is 0.105. The molecule has 0 spiro atoms. The van der Waals surface area contributed by atoms with Crippen LogP contribution in [0.2, 0.25) is 0 Å². The highest BCUT2D eigenvalue weighted by Gasteiger charge is 2.21. The first kappa shape index (κ1) is 18.0. The first-order chi connectivity index (χ1) is 9.63. The first-order valence-corrected chi connectivity index (χ1v) is 9.12. The summed E-state index contributed by atoms with van der Waals surface area (Å²) in [6, 6.07) is 7.78. The van der Waals surface area contributed by atoms with Gasteiger partial charge in [-0.25, -0.2) is 8.42 Å². The summed E-state index contributed by atoms with van der Waals surface area (Å²) in [5.41, 5.74) is 1.45. The summed E-state index contributed by atoms with van der Waals surface area (Å²) in [6.45, 7) is 10.9. The van der Waals surface area contributed by atoms with Crippen molar-refractivity contribution in [1.82, 2.24) is 5.32 Å². The molecule has 0 saturated carbocycles. The molecule has 1 aromatic rings. The van der Waals surface area contributed by atoms with Gasteiger partial charge >= 0.3 is 0 Å². The molecule has 0 radical (unpaired) electrons. The molecule has 120 valence electrons. The Morgan fingerprint density at radius 1 is 1.24 bits per heavy atom. The third-order valence-electron chi connectivity index (χ3n) is 2.98. The van der Waals surface area contributed by atoms with Crippen LogP contribution in [-0.4, -0.2) is 20.7 Å². The monoisotopic (exact) mass is 312 g/mol. The highest BCUT2D eigenvalue weighted by molar-refractivity contribution is 7.92. The van der Waals surface area contributed by atoms with Gasteiger partial charge in [0.05, 0.1) is 5.75 Å². The predicted molar refractivity (Wildman–Crippen MR) is 90.0 cm³/mol. The van der Waals surface area contributed by atoms with Gasteiger partial charge in [-0.15, -0.1) is 0 Å². The lowest BCUT2D eigenvalue weighted by Gasteiger charge is -2.19. The largest absolute Gasteiger partial charge is 0.310 e. The molecular weight excluding hydrogens is 284 g/mol. The fraction of sp³-hybridized carbons (Fsp3) is 0.625. The SMILES string of the molecule is CCCNC(C)c1cccc(NS(=O)(=O)CC(C)(C)C)c1. The average molecular weight is 312 g/mol. The van der Waals surface area contributed by atoms with Crippen molar-refractivity contribution in [3.8, 4) is 0 Å². The number of nitrogens with one attached hydrogen (secondary N) is 2. The van der Waals surface area contributed by atoms with Crippen molar-refractivity contribution < 1.29 is 8.42 Å². The summed E-state index contributed by atoms with van der Waals surface area (Å²) in [6.07, 6.45) is 1.07. The lowest BCUT2D eigenvalue weighted by Crippen LogP contribution is -2.26. The van der Waals surface area contributed by atoms with Crippen LogP contribution in [-0.2, 0) is 10.0 Å². The second kappa shape index (κ2) is 7.27. The van der Waals surface area contributed by atoms with Crippen LogP contribution in [0.25, 0.3) is 0 Å². The molecule has 0 aliphatic rings. The van der Waals surface area contributed by atoms with Gasteiger partial charge in [0, 0.05) is 11.7 Å². The number of rotatable bonds is 7. The topological polar surface area (TPSA) is 58.2 Å². The Balaban J connectivity index is 2.81. The van der Waals surface area contributed by atoms with Gasteiger partial charge in [0.25, 0.3) is 0 Å². The van der Waals surface area contributed by atoms with Crippen LogP contribution >= 0.6 is 0 Å². The maximum Gasteiger partial charge on any atom is 0.233 e. The molecule has 0 fully saturated rings. The Hall–Kier alpha value is -1.07. The molecule has 1 unspecified atom stereocenters. The van der Waals surface area contributed by atoms with E-state index in [0.717, 1.165) is 18.5 Å². The summed E-state index contributed by atoms with van der Waals surface area (Å²) >= 11 is 0. The van der Waals surface area contributed by atoms with E-state index in [1.54, 1.807) is 6.07 Å². The normalized spacial score (nSPS) is 14.0. The molecule has 0 saturated heterocycles. The van der Waals surface area contributed by atoms with E-state index in [1.165, 1.54) is 0 Å². The molecule has 0 aliphatic heterocycles. The van der Waals surface area contributed by atoms with Gasteiger partial charge < -0.3 is 5.32 Å². The minimum atomic E-state index is -3.32. The standard InChI is InChI=1S/C16H28N2O2S/c1-6-10-17-13(2)14-8-7-9-15(11-14)18-21(19,20)12-16(3,4)5/h7-9,11,13,17-18H,6,10,12H2,1-5H3. The fourth-order valence-corrected chi connectivity index (χ4v) is 3.83. The molecule has 0 aliphatic carbocycles. The summed E-state index contributed by atoms with van der Waals surface area (Å²) in [5, 5.41) is 3.40. The highest BCUT2D eigenvalue weighted by atomic mass is 32.2. The number of benzene rings is 1. The van der Waals surface area contributed by atoms with E-state index in [1.807, 2.05) is 39.0 Å². The van der Waals surface area contributed by atoms with E-state index in [2.05, 4.69) is 23.9 Å². The van der Waals surface area contributed by atoms with Gasteiger partial charge in [-0.3, -0.25) is 4.72 Å². The third kappa shape index (κ3) is 6.96. The van der Waals surface area contributed by atoms with Crippen LogP contribution in [0.15, 0.2) is 24.3 Å². The van der Waals surface area contributed by atoms with Crippen LogP contribution in [0.3, 0.4) is 0 Å². The molecule has 2 N–H and O–H groups in total. The van der Waals surface area contributed by atoms with Gasteiger partial charge in [-0.05, 0) is 43.0 Å². The molecule has 1 rings (SSSR count). The second-order valence-corrected chi connectivity index (χ2v) is 8.45. The summed E-state index contributed by atoms with van der Waals surface area (Å²) < 4.78 is 27.0. The summed E-state index contributed by atoms with van der Waals surface area (Å²) in [4.78, 5) is 0. The molecule has 0 amide bonds. The Bertz CT molecular complexity index is 548. The quantitative estimate of drug-likeness (QED) is 0.809. The molecule has 5 heteroatoms. The van der Waals surface area contributed by atoms with Crippen molar-refractivity contribution in [2.45, 2.75) is 47.1 Å². The number of hydrogen-bond donors (Lipinski definition) is 2. The second-order valence-electron chi connectivity index (χ2n) is 6.72. The van der Waals surface area contributed by atoms with E-state index in [4.69, 9.17) is 0 Å². The van der Waals surface area contributed by atoms with Gasteiger partial charge in [0.15, 0.2) is 0 Å². The van der Waals surface area contributed by atoms with Crippen molar-refractivity contribution in [2.75, 3.05) is 17.0 Å². The van der Waals surface area contributed by atoms with Crippen LogP contribution in [0.1, 0.15) is 52.6 Å². The van der Waals surface area contributed by atoms with Crippen molar-refractivity contribution in [3.05, 3.63) is 29.8 Å². The van der Waals surface area contributed by atoms with Gasteiger partial charge in [0.1, 0.15) is 0 Å². The van der Waals surface area contributed by atoms with Crippen LogP contribution < -0.4 is 10.0 Å². The van der Waals surface area contributed by atoms with Gasteiger partial charge in [-0.1, -0.05) is 39.8 Å². The Morgan fingerprint density at radius 3 is 2.48 bits per heavy atom. The molecule has 0 aromatic heterocycles. The van der Waals surface area contributed by atoms with E-state index in [9.17, 15) is 8.42 Å². The maximum atomic E-state index is 12.1. The average Bonchev–Trinajstić information content (AvgIpc) is 2.32. The van der Waals surface area contributed by atoms with E-state index in [-0.39, 0.29) is 17.2 Å². The third-order valence-corrected chi connectivity index (χ3v) is 4.78. The van der Waals surface area contributed by atoms with Crippen LogP contribution in [0.4, 0.5) is 5.69 Å². The van der Waals surface area contributed by atoms with Gasteiger partial charge in [-0.2, -0.15) is 0 Å². The Kier molecular flexibility index (Phi) is 6.23. The van der Waals surface area contributed by atoms with Crippen molar-refractivity contribution in [2.24, 2.45) is 5.41 Å². The molecule has 0 heterocycles. The lowest BCUT2D eigenvalue weighted by atomic mass is 10.0. The molecule has 1 aromatic carbocycles. The number of sulfonamides is 1. The molecule has 0 bridgehead atoms. The minimum Gasteiger partial charge on any atom is -0.310 e. The van der Waals surface area contributed by atoms with Crippen LogP contribution in [0, 0.1) is 5.41 Å². The number of hydrogen-bond acceptors (Lipinski definition) is 3. The van der Waals surface area contributed by atoms with Crippen molar-refractivity contribution >= 4 is 15.7 Å². The number of anilines is 1. The zero-order valence-corrected chi connectivity index (χ0v) is 14.5. The maximum absolute atomic E-state index is 12.1. The molecule has 4 nitrogen and oxygen atoms in total. The van der Waals surface area contributed by atoms with Crippen molar-refractivity contribution in [1.29, 1.82) is 0 Å². The smallest absolute Gasteiger partial charge is 0.233 e. The Labute approximate surface area is 129 Å². The van der Waals surface area contributed by atoms with E-state index in [0.29, 0.717) is 5.69 Å². The Morgan fingerprint density at radius 2 is 1.90 bits per heavy atom. The van der Waals surface area contributed by atoms with E-state index >= 15 is 0 Å². The molecule has 21 heavy (non-hydrogen) atoms. The fourth-order valence-electron chi connectivity index (χ4n) is 2.14. The zero-order valence-electron chi connectivity index (χ0n) is 13.7.